The van der Waals surface area contributed by atoms with Crippen LogP contribution in [0.3, 0.4) is 0 Å². The largest absolute Gasteiger partial charge is 0.523 e. The van der Waals surface area contributed by atoms with Crippen LogP contribution < -0.4 is 0 Å². The molecule has 0 aromatic heterocycles. The number of hydrogen-bond acceptors (Lipinski definition) is 6. The van der Waals surface area contributed by atoms with Crippen molar-refractivity contribution in [2.45, 2.75) is 58.1 Å². The fourth-order valence-corrected chi connectivity index (χ4v) is 2.99. The zero-order valence-corrected chi connectivity index (χ0v) is 13.4. The Bertz CT molecular complexity index is 503. The Morgan fingerprint density at radius 3 is 2.18 bits per heavy atom. The lowest BCUT2D eigenvalue weighted by atomic mass is 9.82. The van der Waals surface area contributed by atoms with Crippen molar-refractivity contribution < 1.29 is 40.0 Å². The molecule has 0 spiro atoms. The van der Waals surface area contributed by atoms with E-state index in [1.165, 1.54) is 6.92 Å². The van der Waals surface area contributed by atoms with Crippen molar-refractivity contribution in [2.24, 2.45) is 11.8 Å². The second-order valence-electron chi connectivity index (χ2n) is 5.24. The number of carbonyl (C=O) groups excluding carboxylic acids is 1. The summed E-state index contributed by atoms with van der Waals surface area (Å²) < 4.78 is 74.3. The topological polar surface area (TPSA) is 78.9 Å². The third-order valence-corrected chi connectivity index (χ3v) is 4.76. The molecule has 0 aliphatic carbocycles. The Hall–Kier alpha value is -0.870. The van der Waals surface area contributed by atoms with Crippen LogP contribution in [0.5, 0.6) is 0 Å². The Kier molecular flexibility index (Phi) is 5.85. The summed E-state index contributed by atoms with van der Waals surface area (Å²) in [6.07, 6.45) is -2.92. The second kappa shape index (κ2) is 6.71. The van der Waals surface area contributed by atoms with Crippen LogP contribution in [0, 0.1) is 11.8 Å². The normalized spacial score (nSPS) is 33.5. The van der Waals surface area contributed by atoms with Gasteiger partial charge in [0.15, 0.2) is 0 Å². The number of alkyl halides is 3. The molecule has 0 N–H and O–H groups in total. The third kappa shape index (κ3) is 4.11. The van der Waals surface area contributed by atoms with E-state index in [1.807, 2.05) is 0 Å². The molecular weight excluding hydrogens is 329 g/mol. The van der Waals surface area contributed by atoms with Crippen molar-refractivity contribution in [3.05, 3.63) is 0 Å². The Morgan fingerprint density at radius 2 is 1.77 bits per heavy atom. The zero-order valence-electron chi connectivity index (χ0n) is 12.6. The molecule has 1 saturated heterocycles. The minimum absolute atomic E-state index is 0.273. The number of hydrogen-bond donors (Lipinski definition) is 0. The van der Waals surface area contributed by atoms with Crippen LogP contribution in [0.1, 0.15) is 34.1 Å². The smallest absolute Gasteiger partial charge is 0.433 e. The van der Waals surface area contributed by atoms with E-state index in [-0.39, 0.29) is 12.0 Å². The van der Waals surface area contributed by atoms with Crippen LogP contribution in [0.15, 0.2) is 0 Å². The maximum atomic E-state index is 12.5. The van der Waals surface area contributed by atoms with Gasteiger partial charge in [-0.2, -0.15) is 21.6 Å². The Labute approximate surface area is 127 Å². The van der Waals surface area contributed by atoms with Crippen LogP contribution >= 0.6 is 0 Å². The van der Waals surface area contributed by atoms with E-state index in [9.17, 15) is 26.4 Å². The number of rotatable bonds is 4. The van der Waals surface area contributed by atoms with Gasteiger partial charge in [0.05, 0.1) is 6.10 Å². The van der Waals surface area contributed by atoms with E-state index in [1.54, 1.807) is 13.8 Å². The molecule has 0 aromatic rings. The molecule has 0 aromatic carbocycles. The summed E-state index contributed by atoms with van der Waals surface area (Å²) in [5.74, 6) is -1.70. The molecule has 1 aliphatic heterocycles. The highest BCUT2D eigenvalue weighted by molar-refractivity contribution is 7.87. The lowest BCUT2D eigenvalue weighted by Crippen LogP contribution is -2.53. The fourth-order valence-electron chi connectivity index (χ4n) is 2.32. The van der Waals surface area contributed by atoms with Gasteiger partial charge in [0.1, 0.15) is 6.10 Å². The van der Waals surface area contributed by atoms with E-state index < -0.39 is 39.9 Å². The predicted octanol–water partition coefficient (Wildman–Crippen LogP) is 2.19. The molecule has 1 fully saturated rings. The first-order valence-corrected chi connectivity index (χ1v) is 8.13. The van der Waals surface area contributed by atoms with Gasteiger partial charge in [-0.05, 0) is 18.3 Å². The second-order valence-corrected chi connectivity index (χ2v) is 6.80. The number of ether oxygens (including phenoxy) is 2. The first-order chi connectivity index (χ1) is 9.90. The summed E-state index contributed by atoms with van der Waals surface area (Å²) in [6, 6.07) is 0. The Balaban J connectivity index is 3.08. The first kappa shape index (κ1) is 19.2. The molecule has 10 heteroatoms. The molecule has 5 atom stereocenters. The molecule has 0 radical (unpaired) electrons. The van der Waals surface area contributed by atoms with Gasteiger partial charge in [0.2, 0.25) is 6.29 Å². The lowest BCUT2D eigenvalue weighted by molar-refractivity contribution is -0.256. The van der Waals surface area contributed by atoms with E-state index >= 15 is 0 Å². The monoisotopic (exact) mass is 348 g/mol. The minimum Gasteiger partial charge on any atom is -0.433 e. The maximum Gasteiger partial charge on any atom is 0.523 e. The van der Waals surface area contributed by atoms with Gasteiger partial charge >= 0.3 is 21.6 Å². The molecule has 0 amide bonds. The highest BCUT2D eigenvalue weighted by atomic mass is 32.2. The zero-order chi connectivity index (χ0) is 17.3. The van der Waals surface area contributed by atoms with Crippen molar-refractivity contribution in [1.82, 2.24) is 0 Å². The molecule has 0 bridgehead atoms. The van der Waals surface area contributed by atoms with E-state index in [4.69, 9.17) is 9.47 Å². The molecule has 130 valence electrons. The highest BCUT2D eigenvalue weighted by Crippen LogP contribution is 2.37. The van der Waals surface area contributed by atoms with E-state index in [0.717, 1.165) is 6.92 Å². The molecule has 1 heterocycles. The summed E-state index contributed by atoms with van der Waals surface area (Å²) in [5, 5.41) is 0. The van der Waals surface area contributed by atoms with Crippen molar-refractivity contribution in [3.63, 3.8) is 0 Å². The van der Waals surface area contributed by atoms with Gasteiger partial charge in [-0.1, -0.05) is 20.8 Å². The first-order valence-electron chi connectivity index (χ1n) is 6.73. The van der Waals surface area contributed by atoms with Gasteiger partial charge in [-0.15, -0.1) is 0 Å². The molecule has 0 saturated carbocycles. The van der Waals surface area contributed by atoms with Crippen LogP contribution in [0.2, 0.25) is 0 Å². The van der Waals surface area contributed by atoms with E-state index in [0.29, 0.717) is 6.42 Å². The summed E-state index contributed by atoms with van der Waals surface area (Å²) in [7, 11) is -5.82. The maximum absolute atomic E-state index is 12.5. The fraction of sp³-hybridized carbons (Fsp3) is 0.917. The van der Waals surface area contributed by atoms with Gasteiger partial charge in [0, 0.05) is 6.92 Å². The summed E-state index contributed by atoms with van der Waals surface area (Å²) >= 11 is 0. The van der Waals surface area contributed by atoms with Crippen LogP contribution in [-0.4, -0.2) is 38.4 Å². The molecule has 1 aliphatic rings. The standard InChI is InChI=1S/C12H19F3O6S/c1-5-9-6(2)7(3)10(11(20-9)19-8(4)16)21-22(17,18)12(13,14)15/h6-7,9-11H,5H2,1-4H3/t6-,7-,9+,10-,11+/m0/s1. The average Bonchev–Trinajstić information content (AvgIpc) is 2.36. The summed E-state index contributed by atoms with van der Waals surface area (Å²) in [6.45, 7) is 6.08. The van der Waals surface area contributed by atoms with Crippen molar-refractivity contribution in [2.75, 3.05) is 0 Å². The summed E-state index contributed by atoms with van der Waals surface area (Å²) in [5.41, 5.74) is -5.56. The molecule has 22 heavy (non-hydrogen) atoms. The van der Waals surface area contributed by atoms with Crippen molar-refractivity contribution in [3.8, 4) is 0 Å². The van der Waals surface area contributed by atoms with Crippen LogP contribution in [0.25, 0.3) is 0 Å². The van der Waals surface area contributed by atoms with Gasteiger partial charge < -0.3 is 9.47 Å². The van der Waals surface area contributed by atoms with Crippen molar-refractivity contribution >= 4 is 16.1 Å². The molecule has 0 unspecified atom stereocenters. The number of esters is 1. The van der Waals surface area contributed by atoms with Gasteiger partial charge in [-0.3, -0.25) is 8.98 Å². The van der Waals surface area contributed by atoms with Crippen molar-refractivity contribution in [1.29, 1.82) is 0 Å². The number of carbonyl (C=O) groups is 1. The SMILES string of the molecule is CC[C@H]1O[C@@H](OC(C)=O)[C@@H](OS(=O)(=O)C(F)(F)F)[C@@H](C)[C@@H]1C. The summed E-state index contributed by atoms with van der Waals surface area (Å²) in [4.78, 5) is 11.1. The quantitative estimate of drug-likeness (QED) is 0.440. The van der Waals surface area contributed by atoms with Gasteiger partial charge in [0.25, 0.3) is 0 Å². The Morgan fingerprint density at radius 1 is 1.23 bits per heavy atom. The molecule has 1 rings (SSSR count). The molecule has 6 nitrogen and oxygen atoms in total. The third-order valence-electron chi connectivity index (χ3n) is 3.72. The van der Waals surface area contributed by atoms with Crippen LogP contribution in [0.4, 0.5) is 13.2 Å². The highest BCUT2D eigenvalue weighted by Gasteiger charge is 2.53. The van der Waals surface area contributed by atoms with E-state index in [2.05, 4.69) is 4.18 Å². The van der Waals surface area contributed by atoms with Crippen LogP contribution in [-0.2, 0) is 28.6 Å². The predicted molar refractivity (Wildman–Crippen MR) is 68.9 cm³/mol. The number of halogens is 3. The average molecular weight is 348 g/mol. The molecular formula is C12H19F3O6S. The lowest BCUT2D eigenvalue weighted by Gasteiger charge is -2.43. The minimum atomic E-state index is -5.82. The van der Waals surface area contributed by atoms with Gasteiger partial charge in [-0.25, -0.2) is 0 Å².